The summed E-state index contributed by atoms with van der Waals surface area (Å²) in [5, 5.41) is 2.94. The number of thiazole rings is 1. The number of esters is 2. The van der Waals surface area contributed by atoms with Gasteiger partial charge in [-0.1, -0.05) is 47.6 Å². The van der Waals surface area contributed by atoms with Crippen LogP contribution in [0.4, 0.5) is 0 Å². The van der Waals surface area contributed by atoms with Crippen LogP contribution in [-0.4, -0.2) is 35.4 Å². The largest absolute Gasteiger partial charge is 0.461 e. The molecule has 0 saturated carbocycles. The maximum Gasteiger partial charge on any atom is 0.309 e. The fourth-order valence-corrected chi connectivity index (χ4v) is 4.78. The van der Waals surface area contributed by atoms with Gasteiger partial charge in [0.2, 0.25) is 0 Å². The fourth-order valence-electron chi connectivity index (χ4n) is 4.21. The molecule has 0 fully saturated rings. The van der Waals surface area contributed by atoms with Crippen molar-refractivity contribution in [2.75, 3.05) is 6.61 Å². The third-order valence-corrected chi connectivity index (χ3v) is 8.41. The SMILES string of the molecule is C/C1=C/C[C@@H](/C(C)=C/c2csc(C)n2)OC(=O)C[C@H](C)C(C)(C)C(=O)[C@H](C)[C@@H](C)[C@@H](C)C(=O)OC1. The first-order chi connectivity index (χ1) is 16.2. The molecule has 2 heterocycles. The number of cyclic esters (lactones) is 2. The van der Waals surface area contributed by atoms with Crippen molar-refractivity contribution in [3.8, 4) is 0 Å². The third kappa shape index (κ3) is 7.60. The number of rotatable bonds is 2. The van der Waals surface area contributed by atoms with Gasteiger partial charge in [-0.15, -0.1) is 11.3 Å². The minimum atomic E-state index is -0.748. The van der Waals surface area contributed by atoms with Gasteiger partial charge in [0, 0.05) is 29.6 Å². The van der Waals surface area contributed by atoms with E-state index in [0.717, 1.165) is 21.8 Å². The number of hydrogen-bond acceptors (Lipinski definition) is 7. The number of aryl methyl sites for hydroxylation is 1. The summed E-state index contributed by atoms with van der Waals surface area (Å²) in [6.45, 7) is 17.2. The van der Waals surface area contributed by atoms with E-state index in [4.69, 9.17) is 9.47 Å². The van der Waals surface area contributed by atoms with Crippen LogP contribution in [0.1, 0.15) is 78.9 Å². The van der Waals surface area contributed by atoms with Crippen LogP contribution in [-0.2, 0) is 23.9 Å². The molecule has 5 atom stereocenters. The summed E-state index contributed by atoms with van der Waals surface area (Å²) in [5.74, 6) is -1.77. The highest BCUT2D eigenvalue weighted by molar-refractivity contribution is 7.09. The molecular weight excluding hydrogens is 462 g/mol. The highest BCUT2D eigenvalue weighted by Crippen LogP contribution is 2.37. The second kappa shape index (κ2) is 12.1. The number of carbonyl (C=O) groups is 3. The van der Waals surface area contributed by atoms with Crippen molar-refractivity contribution >= 4 is 35.1 Å². The molecule has 0 saturated heterocycles. The van der Waals surface area contributed by atoms with Gasteiger partial charge in [0.25, 0.3) is 0 Å². The monoisotopic (exact) mass is 503 g/mol. The van der Waals surface area contributed by atoms with E-state index in [0.29, 0.717) is 6.42 Å². The number of ether oxygens (including phenoxy) is 2. The fraction of sp³-hybridized carbons (Fsp3) is 0.643. The van der Waals surface area contributed by atoms with E-state index in [1.165, 1.54) is 0 Å². The lowest BCUT2D eigenvalue weighted by atomic mass is 9.68. The molecule has 0 N–H and O–H groups in total. The van der Waals surface area contributed by atoms with E-state index in [1.807, 2.05) is 79.8 Å². The average Bonchev–Trinajstić information content (AvgIpc) is 3.21. The quantitative estimate of drug-likeness (QED) is 0.353. The molecule has 0 bridgehead atoms. The van der Waals surface area contributed by atoms with E-state index in [1.54, 1.807) is 11.3 Å². The van der Waals surface area contributed by atoms with Gasteiger partial charge in [0.1, 0.15) is 18.5 Å². The van der Waals surface area contributed by atoms with Crippen LogP contribution in [0.15, 0.2) is 22.6 Å². The number of Topliss-reactive ketones (excluding diaryl/α,β-unsaturated/α-hetero) is 1. The maximum absolute atomic E-state index is 13.4. The van der Waals surface area contributed by atoms with Crippen LogP contribution in [0, 0.1) is 36.0 Å². The number of carbonyl (C=O) groups excluding carboxylic acids is 3. The number of aromatic nitrogens is 1. The van der Waals surface area contributed by atoms with Gasteiger partial charge in [-0.25, -0.2) is 4.98 Å². The van der Waals surface area contributed by atoms with Crippen molar-refractivity contribution < 1.29 is 23.9 Å². The Morgan fingerprint density at radius 1 is 1.11 bits per heavy atom. The Labute approximate surface area is 214 Å². The molecule has 35 heavy (non-hydrogen) atoms. The molecule has 0 unspecified atom stereocenters. The van der Waals surface area contributed by atoms with Gasteiger partial charge in [-0.3, -0.25) is 14.4 Å². The molecule has 7 heteroatoms. The van der Waals surface area contributed by atoms with Crippen molar-refractivity contribution in [1.82, 2.24) is 4.98 Å². The smallest absolute Gasteiger partial charge is 0.309 e. The van der Waals surface area contributed by atoms with E-state index < -0.39 is 17.4 Å². The summed E-state index contributed by atoms with van der Waals surface area (Å²) in [4.78, 5) is 43.7. The second-order valence-corrected chi connectivity index (χ2v) is 11.7. The Morgan fingerprint density at radius 2 is 1.77 bits per heavy atom. The molecule has 0 amide bonds. The molecule has 0 aliphatic carbocycles. The summed E-state index contributed by atoms with van der Waals surface area (Å²) in [6.07, 6.45) is 4.01. The zero-order chi connectivity index (χ0) is 26.5. The standard InChI is InChI=1S/C28H41NO5S/c1-16-10-11-24(17(2)12-23-15-35-22(7)29-23)34-25(30)13-18(3)28(8,9)26(31)20(5)19(4)21(6)27(32)33-14-16/h10,12,15,18-21,24H,11,13-14H2,1-9H3/b16-10-,17-12+/t18-,19+,20+,21+,24-/m0/s1. The predicted molar refractivity (Wildman–Crippen MR) is 140 cm³/mol. The van der Waals surface area contributed by atoms with E-state index in [-0.39, 0.29) is 48.5 Å². The van der Waals surface area contributed by atoms with Crippen molar-refractivity contribution in [3.05, 3.63) is 33.3 Å². The minimum Gasteiger partial charge on any atom is -0.461 e. The van der Waals surface area contributed by atoms with Gasteiger partial charge >= 0.3 is 11.9 Å². The number of nitrogens with zero attached hydrogens (tertiary/aromatic N) is 1. The number of hydrogen-bond donors (Lipinski definition) is 0. The molecule has 1 aliphatic rings. The van der Waals surface area contributed by atoms with Crippen molar-refractivity contribution in [2.24, 2.45) is 29.1 Å². The molecule has 6 nitrogen and oxygen atoms in total. The van der Waals surface area contributed by atoms with Crippen LogP contribution < -0.4 is 0 Å². The number of ketones is 1. The lowest BCUT2D eigenvalue weighted by Crippen LogP contribution is -2.41. The molecule has 0 spiro atoms. The topological polar surface area (TPSA) is 82.6 Å². The predicted octanol–water partition coefficient (Wildman–Crippen LogP) is 6.19. The Bertz CT molecular complexity index is 989. The lowest BCUT2D eigenvalue weighted by Gasteiger charge is -2.35. The van der Waals surface area contributed by atoms with Gasteiger partial charge < -0.3 is 9.47 Å². The van der Waals surface area contributed by atoms with Gasteiger partial charge in [-0.05, 0) is 49.8 Å². The summed E-state index contributed by atoms with van der Waals surface area (Å²) in [5.41, 5.74) is 1.84. The highest BCUT2D eigenvalue weighted by Gasteiger charge is 2.41. The summed E-state index contributed by atoms with van der Waals surface area (Å²) < 4.78 is 11.5. The molecule has 1 aliphatic heterocycles. The van der Waals surface area contributed by atoms with Gasteiger partial charge in [0.15, 0.2) is 0 Å². The van der Waals surface area contributed by atoms with Crippen molar-refractivity contribution in [3.63, 3.8) is 0 Å². The maximum atomic E-state index is 13.4. The van der Waals surface area contributed by atoms with E-state index in [2.05, 4.69) is 4.98 Å². The molecule has 194 valence electrons. The summed E-state index contributed by atoms with van der Waals surface area (Å²) in [6, 6.07) is 0. The average molecular weight is 504 g/mol. The molecular formula is C28H41NO5S. The van der Waals surface area contributed by atoms with Crippen LogP contribution in [0.5, 0.6) is 0 Å². The molecule has 2 rings (SSSR count). The first-order valence-corrected chi connectivity index (χ1v) is 13.3. The first-order valence-electron chi connectivity index (χ1n) is 12.4. The Hall–Kier alpha value is -2.28. The molecule has 0 aromatic carbocycles. The minimum absolute atomic E-state index is 0.0413. The summed E-state index contributed by atoms with van der Waals surface area (Å²) in [7, 11) is 0. The second-order valence-electron chi connectivity index (χ2n) is 10.7. The zero-order valence-electron chi connectivity index (χ0n) is 22.6. The van der Waals surface area contributed by atoms with Crippen molar-refractivity contribution in [1.29, 1.82) is 0 Å². The Morgan fingerprint density at radius 3 is 2.37 bits per heavy atom. The van der Waals surface area contributed by atoms with Crippen LogP contribution in [0.25, 0.3) is 6.08 Å². The lowest BCUT2D eigenvalue weighted by molar-refractivity contribution is -0.151. The van der Waals surface area contributed by atoms with Crippen LogP contribution >= 0.6 is 11.3 Å². The third-order valence-electron chi connectivity index (χ3n) is 7.62. The molecule has 1 aromatic rings. The highest BCUT2D eigenvalue weighted by atomic mass is 32.1. The van der Waals surface area contributed by atoms with Crippen LogP contribution in [0.2, 0.25) is 0 Å². The normalized spacial score (nSPS) is 31.3. The van der Waals surface area contributed by atoms with Gasteiger partial charge in [0.05, 0.1) is 16.6 Å². The van der Waals surface area contributed by atoms with Crippen LogP contribution in [0.3, 0.4) is 0 Å². The Balaban J connectivity index is 2.38. The molecule has 0 radical (unpaired) electrons. The molecule has 1 aromatic heterocycles. The van der Waals surface area contributed by atoms with Gasteiger partial charge in [-0.2, -0.15) is 0 Å². The van der Waals surface area contributed by atoms with Crippen molar-refractivity contribution in [2.45, 2.75) is 81.3 Å². The van der Waals surface area contributed by atoms with E-state index in [9.17, 15) is 14.4 Å². The van der Waals surface area contributed by atoms with E-state index >= 15 is 0 Å². The zero-order valence-corrected chi connectivity index (χ0v) is 23.5. The Kier molecular flexibility index (Phi) is 10.0. The first kappa shape index (κ1) is 29.0. The summed E-state index contributed by atoms with van der Waals surface area (Å²) >= 11 is 1.57.